The summed E-state index contributed by atoms with van der Waals surface area (Å²) >= 11 is 0. The van der Waals surface area contributed by atoms with Gasteiger partial charge in [-0.05, 0) is 31.2 Å². The lowest BCUT2D eigenvalue weighted by Crippen LogP contribution is -2.37. The molecule has 1 aliphatic heterocycles. The van der Waals surface area contributed by atoms with Gasteiger partial charge in [0.1, 0.15) is 11.3 Å². The van der Waals surface area contributed by atoms with Gasteiger partial charge in [-0.15, -0.1) is 0 Å². The lowest BCUT2D eigenvalue weighted by Gasteiger charge is -2.27. The van der Waals surface area contributed by atoms with Crippen molar-refractivity contribution in [3.63, 3.8) is 0 Å². The molecule has 1 fully saturated rings. The molecule has 0 bridgehead atoms. The molecule has 1 saturated heterocycles. The minimum Gasteiger partial charge on any atom is -0.493 e. The van der Waals surface area contributed by atoms with E-state index in [1.807, 2.05) is 43.3 Å². The van der Waals surface area contributed by atoms with Crippen molar-refractivity contribution in [1.29, 1.82) is 0 Å². The Morgan fingerprint density at radius 2 is 1.93 bits per heavy atom. The van der Waals surface area contributed by atoms with Crippen LogP contribution < -0.4 is 9.64 Å². The summed E-state index contributed by atoms with van der Waals surface area (Å²) in [4.78, 5) is 16.3. The van der Waals surface area contributed by atoms with Crippen LogP contribution in [0.3, 0.4) is 0 Å². The van der Waals surface area contributed by atoms with Gasteiger partial charge in [-0.25, -0.2) is 15.0 Å². The third-order valence-corrected chi connectivity index (χ3v) is 4.81. The largest absolute Gasteiger partial charge is 0.493 e. The normalized spacial score (nSPS) is 14.7. The highest BCUT2D eigenvalue weighted by Crippen LogP contribution is 2.36. The van der Waals surface area contributed by atoms with Crippen molar-refractivity contribution in [2.24, 2.45) is 0 Å². The number of pyridine rings is 1. The van der Waals surface area contributed by atoms with Crippen LogP contribution >= 0.6 is 0 Å². The van der Waals surface area contributed by atoms with Gasteiger partial charge in [0, 0.05) is 19.3 Å². The summed E-state index contributed by atoms with van der Waals surface area (Å²) in [5.41, 5.74) is 2.85. The lowest BCUT2D eigenvalue weighted by atomic mass is 10.1. The topological polar surface area (TPSA) is 73.5 Å². The third kappa shape index (κ3) is 2.84. The number of fused-ring (bicyclic) bond motifs is 3. The molecule has 0 spiro atoms. The molecule has 0 N–H and O–H groups in total. The minimum atomic E-state index is 0.566. The molecule has 0 atom stereocenters. The molecule has 7 heteroatoms. The Hall–Kier alpha value is -3.19. The van der Waals surface area contributed by atoms with Gasteiger partial charge in [0.15, 0.2) is 17.2 Å². The van der Waals surface area contributed by atoms with Crippen LogP contribution in [0.15, 0.2) is 47.0 Å². The fourth-order valence-electron chi connectivity index (χ4n) is 3.51. The van der Waals surface area contributed by atoms with Gasteiger partial charge in [-0.3, -0.25) is 0 Å². The summed E-state index contributed by atoms with van der Waals surface area (Å²) in [7, 11) is 0. The van der Waals surface area contributed by atoms with E-state index in [9.17, 15) is 0 Å². The number of hydrogen-bond donors (Lipinski definition) is 0. The van der Waals surface area contributed by atoms with Crippen LogP contribution in [0, 0.1) is 0 Å². The van der Waals surface area contributed by atoms with E-state index in [-0.39, 0.29) is 0 Å². The van der Waals surface area contributed by atoms with Crippen molar-refractivity contribution in [3.05, 3.63) is 42.6 Å². The molecule has 7 nitrogen and oxygen atoms in total. The maximum absolute atomic E-state index is 6.06. The molecule has 28 heavy (non-hydrogen) atoms. The SMILES string of the molecule is CCOc1ccccc1-c1nc(N2CCOCC2)c2oc3ncccc3c2n1. The molecule has 1 aromatic carbocycles. The highest BCUT2D eigenvalue weighted by Gasteiger charge is 2.23. The van der Waals surface area contributed by atoms with E-state index in [0.29, 0.717) is 36.9 Å². The smallest absolute Gasteiger partial charge is 0.229 e. The highest BCUT2D eigenvalue weighted by molar-refractivity contribution is 6.05. The molecule has 3 aromatic heterocycles. The first-order chi connectivity index (χ1) is 13.8. The standard InChI is InChI=1S/C21H20N4O3/c1-2-27-16-8-4-3-6-14(16)19-23-17-15-7-5-9-22-21(15)28-18(17)20(24-19)25-10-12-26-13-11-25/h3-9H,2,10-13H2,1H3. The summed E-state index contributed by atoms with van der Waals surface area (Å²) in [6.07, 6.45) is 1.72. The molecule has 0 amide bonds. The summed E-state index contributed by atoms with van der Waals surface area (Å²) < 4.78 is 17.4. The lowest BCUT2D eigenvalue weighted by molar-refractivity contribution is 0.122. The maximum Gasteiger partial charge on any atom is 0.229 e. The van der Waals surface area contributed by atoms with Gasteiger partial charge in [-0.1, -0.05) is 12.1 Å². The third-order valence-electron chi connectivity index (χ3n) is 4.81. The first-order valence-corrected chi connectivity index (χ1v) is 9.45. The summed E-state index contributed by atoms with van der Waals surface area (Å²) in [5, 5.41) is 0.879. The second-order valence-corrected chi connectivity index (χ2v) is 6.54. The number of ether oxygens (including phenoxy) is 2. The quantitative estimate of drug-likeness (QED) is 0.538. The van der Waals surface area contributed by atoms with Crippen molar-refractivity contribution >= 4 is 28.0 Å². The fraction of sp³-hybridized carbons (Fsp3) is 0.286. The Bertz CT molecular complexity index is 1140. The van der Waals surface area contributed by atoms with Crippen LogP contribution in [0.2, 0.25) is 0 Å². The first kappa shape index (κ1) is 16.9. The molecule has 0 aliphatic carbocycles. The van der Waals surface area contributed by atoms with Crippen molar-refractivity contribution in [3.8, 4) is 17.1 Å². The summed E-state index contributed by atoms with van der Waals surface area (Å²) in [5.74, 6) is 2.15. The van der Waals surface area contributed by atoms with Crippen LogP contribution in [0.1, 0.15) is 6.92 Å². The van der Waals surface area contributed by atoms with Crippen LogP contribution in [0.25, 0.3) is 33.6 Å². The van der Waals surface area contributed by atoms with E-state index in [0.717, 1.165) is 41.1 Å². The number of aromatic nitrogens is 3. The fourth-order valence-corrected chi connectivity index (χ4v) is 3.51. The molecule has 5 rings (SSSR count). The maximum atomic E-state index is 6.06. The van der Waals surface area contributed by atoms with Gasteiger partial charge >= 0.3 is 0 Å². The molecular formula is C21H20N4O3. The zero-order chi connectivity index (χ0) is 18.9. The van der Waals surface area contributed by atoms with E-state index in [2.05, 4.69) is 9.88 Å². The Morgan fingerprint density at radius 3 is 2.79 bits per heavy atom. The highest BCUT2D eigenvalue weighted by atomic mass is 16.5. The molecule has 1 aliphatic rings. The van der Waals surface area contributed by atoms with E-state index < -0.39 is 0 Å². The minimum absolute atomic E-state index is 0.566. The van der Waals surface area contributed by atoms with Crippen LogP contribution in [0.5, 0.6) is 5.75 Å². The number of rotatable bonds is 4. The summed E-state index contributed by atoms with van der Waals surface area (Å²) in [6.45, 7) is 5.37. The molecular weight excluding hydrogens is 356 g/mol. The van der Waals surface area contributed by atoms with Crippen molar-refractivity contribution in [2.45, 2.75) is 6.92 Å². The second kappa shape index (κ2) is 7.09. The molecule has 0 unspecified atom stereocenters. The molecule has 142 valence electrons. The molecule has 0 radical (unpaired) electrons. The van der Waals surface area contributed by atoms with Crippen LogP contribution in [0.4, 0.5) is 5.82 Å². The van der Waals surface area contributed by atoms with Gasteiger partial charge < -0.3 is 18.8 Å². The number of para-hydroxylation sites is 1. The van der Waals surface area contributed by atoms with Gasteiger partial charge in [0.25, 0.3) is 0 Å². The monoisotopic (exact) mass is 376 g/mol. The van der Waals surface area contributed by atoms with Crippen molar-refractivity contribution in [2.75, 3.05) is 37.8 Å². The van der Waals surface area contributed by atoms with E-state index in [4.69, 9.17) is 23.9 Å². The zero-order valence-corrected chi connectivity index (χ0v) is 15.6. The number of morpholine rings is 1. The molecule has 4 aromatic rings. The summed E-state index contributed by atoms with van der Waals surface area (Å²) in [6, 6.07) is 11.7. The zero-order valence-electron chi connectivity index (χ0n) is 15.6. The van der Waals surface area contributed by atoms with Gasteiger partial charge in [0.05, 0.1) is 30.8 Å². The average molecular weight is 376 g/mol. The predicted octanol–water partition coefficient (Wildman–Crippen LogP) is 3.67. The number of nitrogens with zero attached hydrogens (tertiary/aromatic N) is 4. The first-order valence-electron chi connectivity index (χ1n) is 9.45. The Balaban J connectivity index is 1.77. The number of hydrogen-bond acceptors (Lipinski definition) is 7. The predicted molar refractivity (Wildman–Crippen MR) is 107 cm³/mol. The van der Waals surface area contributed by atoms with Crippen molar-refractivity contribution < 1.29 is 13.9 Å². The number of anilines is 1. The Labute approximate surface area is 161 Å². The Morgan fingerprint density at radius 1 is 1.07 bits per heavy atom. The van der Waals surface area contributed by atoms with Crippen LogP contribution in [-0.2, 0) is 4.74 Å². The Kier molecular flexibility index (Phi) is 4.29. The van der Waals surface area contributed by atoms with E-state index in [1.54, 1.807) is 6.20 Å². The van der Waals surface area contributed by atoms with E-state index >= 15 is 0 Å². The van der Waals surface area contributed by atoms with E-state index in [1.165, 1.54) is 0 Å². The number of benzene rings is 1. The van der Waals surface area contributed by atoms with Crippen molar-refractivity contribution in [1.82, 2.24) is 15.0 Å². The van der Waals surface area contributed by atoms with Crippen LogP contribution in [-0.4, -0.2) is 47.9 Å². The average Bonchev–Trinajstić information content (AvgIpc) is 3.13. The van der Waals surface area contributed by atoms with Gasteiger partial charge in [-0.2, -0.15) is 0 Å². The molecule has 0 saturated carbocycles. The van der Waals surface area contributed by atoms with Gasteiger partial charge in [0.2, 0.25) is 5.71 Å². The number of furan rings is 1. The molecule has 4 heterocycles. The second-order valence-electron chi connectivity index (χ2n) is 6.54.